The lowest BCUT2D eigenvalue weighted by atomic mass is 10.0. The summed E-state index contributed by atoms with van der Waals surface area (Å²) in [5.41, 5.74) is 2.08. The molecule has 1 aromatic carbocycles. The number of aryl methyl sites for hydroxylation is 1. The number of ether oxygens (including phenoxy) is 1. The molecule has 2 aromatic rings. The van der Waals surface area contributed by atoms with Crippen LogP contribution >= 0.6 is 0 Å². The maximum Gasteiger partial charge on any atom is 0.410 e. The van der Waals surface area contributed by atoms with E-state index in [2.05, 4.69) is 34.9 Å². The molecule has 0 atom stereocenters. The zero-order valence-electron chi connectivity index (χ0n) is 15.1. The number of carbonyl (C=O) groups excluding carboxylic acids is 1. The molecule has 24 heavy (non-hydrogen) atoms. The molecule has 1 fully saturated rings. The summed E-state index contributed by atoms with van der Waals surface area (Å²) in [6.07, 6.45) is 4.60. The van der Waals surface area contributed by atoms with Crippen LogP contribution in [0.5, 0.6) is 0 Å². The quantitative estimate of drug-likeness (QED) is 0.831. The van der Waals surface area contributed by atoms with E-state index in [-0.39, 0.29) is 6.09 Å². The van der Waals surface area contributed by atoms with Gasteiger partial charge in [-0.2, -0.15) is 5.10 Å². The second kappa shape index (κ2) is 6.46. The van der Waals surface area contributed by atoms with E-state index in [1.54, 1.807) is 0 Å². The number of benzene rings is 1. The highest BCUT2D eigenvalue weighted by atomic mass is 16.6. The van der Waals surface area contributed by atoms with Gasteiger partial charge in [0.15, 0.2) is 0 Å². The van der Waals surface area contributed by atoms with Gasteiger partial charge in [0.1, 0.15) is 5.60 Å². The van der Waals surface area contributed by atoms with Gasteiger partial charge in [-0.15, -0.1) is 0 Å². The molecule has 3 rings (SSSR count). The number of carbonyl (C=O) groups is 1. The summed E-state index contributed by atoms with van der Waals surface area (Å²) in [5.74, 6) is 0. The molecule has 1 aliphatic rings. The molecule has 5 heteroatoms. The highest BCUT2D eigenvalue weighted by molar-refractivity contribution is 5.79. The van der Waals surface area contributed by atoms with Crippen LogP contribution in [0, 0.1) is 0 Å². The lowest BCUT2D eigenvalue weighted by molar-refractivity contribution is 0.0186. The first-order valence-electron chi connectivity index (χ1n) is 8.81. The second-order valence-corrected chi connectivity index (χ2v) is 7.53. The first-order chi connectivity index (χ1) is 11.4. The van der Waals surface area contributed by atoms with Gasteiger partial charge in [-0.05, 0) is 57.7 Å². The van der Waals surface area contributed by atoms with Crippen LogP contribution in [-0.2, 0) is 11.2 Å². The van der Waals surface area contributed by atoms with Crippen LogP contribution < -0.4 is 0 Å². The third kappa shape index (κ3) is 3.55. The van der Waals surface area contributed by atoms with Gasteiger partial charge in [0.2, 0.25) is 0 Å². The molecule has 5 nitrogen and oxygen atoms in total. The van der Waals surface area contributed by atoms with Gasteiger partial charge < -0.3 is 9.64 Å². The fourth-order valence-corrected chi connectivity index (χ4v) is 3.23. The fraction of sp³-hybridized carbons (Fsp3) is 0.579. The molecule has 1 amide bonds. The van der Waals surface area contributed by atoms with Crippen molar-refractivity contribution in [3.05, 3.63) is 30.0 Å². The van der Waals surface area contributed by atoms with Gasteiger partial charge in [-0.25, -0.2) is 4.79 Å². The number of rotatable bonds is 2. The van der Waals surface area contributed by atoms with Gasteiger partial charge in [-0.3, -0.25) is 4.68 Å². The Morgan fingerprint density at radius 2 is 2.00 bits per heavy atom. The average Bonchev–Trinajstić information content (AvgIpc) is 2.96. The number of piperidine rings is 1. The second-order valence-electron chi connectivity index (χ2n) is 7.53. The van der Waals surface area contributed by atoms with E-state index in [4.69, 9.17) is 4.74 Å². The highest BCUT2D eigenvalue weighted by Crippen LogP contribution is 2.27. The van der Waals surface area contributed by atoms with Crippen LogP contribution in [-0.4, -0.2) is 39.5 Å². The molecule has 0 saturated carbocycles. The molecule has 0 aliphatic carbocycles. The number of fused-ring (bicyclic) bond motifs is 1. The van der Waals surface area contributed by atoms with Crippen molar-refractivity contribution >= 4 is 17.0 Å². The van der Waals surface area contributed by atoms with Crippen LogP contribution in [0.1, 0.15) is 52.1 Å². The molecule has 0 spiro atoms. The van der Waals surface area contributed by atoms with Crippen LogP contribution in [0.15, 0.2) is 24.4 Å². The van der Waals surface area contributed by atoms with Crippen molar-refractivity contribution in [3.63, 3.8) is 0 Å². The Bertz CT molecular complexity index is 722. The van der Waals surface area contributed by atoms with E-state index in [0.29, 0.717) is 19.1 Å². The van der Waals surface area contributed by atoms with Crippen molar-refractivity contribution in [3.8, 4) is 0 Å². The smallest absolute Gasteiger partial charge is 0.410 e. The Kier molecular flexibility index (Phi) is 4.52. The predicted octanol–water partition coefficient (Wildman–Crippen LogP) is 4.17. The lowest BCUT2D eigenvalue weighted by Crippen LogP contribution is -2.42. The summed E-state index contributed by atoms with van der Waals surface area (Å²) in [6.45, 7) is 9.30. The number of aromatic nitrogens is 2. The summed E-state index contributed by atoms with van der Waals surface area (Å²) >= 11 is 0. The Morgan fingerprint density at radius 3 is 2.62 bits per heavy atom. The van der Waals surface area contributed by atoms with Crippen molar-refractivity contribution in [2.45, 2.75) is 58.6 Å². The fourth-order valence-electron chi connectivity index (χ4n) is 3.23. The summed E-state index contributed by atoms with van der Waals surface area (Å²) < 4.78 is 7.59. The maximum absolute atomic E-state index is 12.2. The van der Waals surface area contributed by atoms with Crippen LogP contribution in [0.2, 0.25) is 0 Å². The third-order valence-corrected chi connectivity index (χ3v) is 4.53. The molecule has 0 N–H and O–H groups in total. The van der Waals surface area contributed by atoms with E-state index in [1.807, 2.05) is 31.9 Å². The maximum atomic E-state index is 12.2. The molecule has 1 saturated heterocycles. The number of likely N-dealkylation sites (tertiary alicyclic amines) is 1. The Balaban J connectivity index is 1.68. The van der Waals surface area contributed by atoms with Crippen LogP contribution in [0.3, 0.4) is 0 Å². The van der Waals surface area contributed by atoms with Crippen molar-refractivity contribution in [1.82, 2.24) is 14.7 Å². The SMILES string of the molecule is CCc1ccc2c(cnn2C2CCN(C(=O)OC(C)(C)C)CC2)c1. The zero-order chi connectivity index (χ0) is 17.3. The number of nitrogens with zero attached hydrogens (tertiary/aromatic N) is 3. The molecule has 1 aliphatic heterocycles. The Labute approximate surface area is 143 Å². The summed E-state index contributed by atoms with van der Waals surface area (Å²) in [4.78, 5) is 14.0. The number of amides is 1. The largest absolute Gasteiger partial charge is 0.444 e. The minimum atomic E-state index is -0.441. The number of hydrogen-bond donors (Lipinski definition) is 0. The van der Waals surface area contributed by atoms with Crippen LogP contribution in [0.25, 0.3) is 10.9 Å². The Hall–Kier alpha value is -2.04. The van der Waals surface area contributed by atoms with E-state index < -0.39 is 5.60 Å². The summed E-state index contributed by atoms with van der Waals surface area (Å²) in [7, 11) is 0. The van der Waals surface area contributed by atoms with E-state index in [0.717, 1.165) is 19.3 Å². The first kappa shape index (κ1) is 16.8. The van der Waals surface area contributed by atoms with Crippen molar-refractivity contribution < 1.29 is 9.53 Å². The van der Waals surface area contributed by atoms with E-state index >= 15 is 0 Å². The summed E-state index contributed by atoms with van der Waals surface area (Å²) in [6, 6.07) is 6.90. The summed E-state index contributed by atoms with van der Waals surface area (Å²) in [5, 5.41) is 5.80. The topological polar surface area (TPSA) is 47.4 Å². The molecule has 0 unspecified atom stereocenters. The van der Waals surface area contributed by atoms with Gasteiger partial charge in [-0.1, -0.05) is 13.0 Å². The molecule has 0 bridgehead atoms. The van der Waals surface area contributed by atoms with Crippen molar-refractivity contribution in [2.24, 2.45) is 0 Å². The van der Waals surface area contributed by atoms with Crippen LogP contribution in [0.4, 0.5) is 4.79 Å². The minimum absolute atomic E-state index is 0.209. The highest BCUT2D eigenvalue weighted by Gasteiger charge is 2.28. The average molecular weight is 329 g/mol. The van der Waals surface area contributed by atoms with Crippen molar-refractivity contribution in [1.29, 1.82) is 0 Å². The predicted molar refractivity (Wildman–Crippen MR) is 95.2 cm³/mol. The normalized spacial score (nSPS) is 16.6. The van der Waals surface area contributed by atoms with Gasteiger partial charge in [0, 0.05) is 18.5 Å². The van der Waals surface area contributed by atoms with Gasteiger partial charge in [0.05, 0.1) is 17.8 Å². The van der Waals surface area contributed by atoms with Gasteiger partial charge in [0.25, 0.3) is 0 Å². The molecule has 130 valence electrons. The zero-order valence-corrected chi connectivity index (χ0v) is 15.1. The van der Waals surface area contributed by atoms with Gasteiger partial charge >= 0.3 is 6.09 Å². The minimum Gasteiger partial charge on any atom is -0.444 e. The number of hydrogen-bond acceptors (Lipinski definition) is 3. The van der Waals surface area contributed by atoms with E-state index in [9.17, 15) is 4.79 Å². The molecule has 0 radical (unpaired) electrons. The first-order valence-corrected chi connectivity index (χ1v) is 8.81. The standard InChI is InChI=1S/C19H27N3O2/c1-5-14-6-7-17-15(12-14)13-20-22(17)16-8-10-21(11-9-16)18(23)24-19(2,3)4/h6-7,12-13,16H,5,8-11H2,1-4H3. The molecular weight excluding hydrogens is 302 g/mol. The van der Waals surface area contributed by atoms with Crippen molar-refractivity contribution in [2.75, 3.05) is 13.1 Å². The molecular formula is C19H27N3O2. The third-order valence-electron chi connectivity index (χ3n) is 4.53. The monoisotopic (exact) mass is 329 g/mol. The lowest BCUT2D eigenvalue weighted by Gasteiger charge is -2.33. The molecule has 1 aromatic heterocycles. The van der Waals surface area contributed by atoms with E-state index in [1.165, 1.54) is 16.5 Å². The Morgan fingerprint density at radius 1 is 1.29 bits per heavy atom. The molecule has 2 heterocycles.